The number of nitrogens with zero attached hydrogens (tertiary/aromatic N) is 2. The number of fused-ring (bicyclic) bond motifs is 1. The van der Waals surface area contributed by atoms with Crippen LogP contribution in [0.4, 0.5) is 4.79 Å². The number of rotatable bonds is 3. The summed E-state index contributed by atoms with van der Waals surface area (Å²) in [4.78, 5) is 12.2. The van der Waals surface area contributed by atoms with Crippen molar-refractivity contribution in [3.05, 3.63) is 18.2 Å². The number of carboxylic acid groups (broad SMARTS) is 1. The van der Waals surface area contributed by atoms with Gasteiger partial charge in [0.25, 0.3) is 5.88 Å². The van der Waals surface area contributed by atoms with Crippen LogP contribution >= 0.6 is 0 Å². The first-order chi connectivity index (χ1) is 10.1. The third-order valence-corrected chi connectivity index (χ3v) is 3.79. The number of ether oxygens (including phenoxy) is 1. The summed E-state index contributed by atoms with van der Waals surface area (Å²) in [7, 11) is 0. The molecule has 112 valence electrons. The molecule has 1 saturated heterocycles. The highest BCUT2D eigenvalue weighted by Gasteiger charge is 2.23. The Balaban J connectivity index is 1.61. The van der Waals surface area contributed by atoms with Gasteiger partial charge in [0, 0.05) is 13.1 Å². The Kier molecular flexibility index (Phi) is 3.55. The van der Waals surface area contributed by atoms with E-state index in [-0.39, 0.29) is 17.5 Å². The summed E-state index contributed by atoms with van der Waals surface area (Å²) in [5, 5.41) is 23.0. The molecular formula is C14H16N2O5. The molecule has 1 aromatic heterocycles. The molecule has 0 unspecified atom stereocenters. The summed E-state index contributed by atoms with van der Waals surface area (Å²) in [5.74, 6) is 0.631. The molecule has 1 aromatic carbocycles. The molecule has 2 heterocycles. The van der Waals surface area contributed by atoms with Crippen LogP contribution in [0.15, 0.2) is 22.7 Å². The molecule has 0 atom stereocenters. The maximum absolute atomic E-state index is 10.8. The third-order valence-electron chi connectivity index (χ3n) is 3.79. The summed E-state index contributed by atoms with van der Waals surface area (Å²) >= 11 is 0. The number of amides is 1. The van der Waals surface area contributed by atoms with E-state index in [2.05, 4.69) is 5.16 Å². The van der Waals surface area contributed by atoms with E-state index in [1.54, 1.807) is 18.2 Å². The maximum atomic E-state index is 10.8. The van der Waals surface area contributed by atoms with Gasteiger partial charge in [-0.25, -0.2) is 4.79 Å². The normalized spacial score (nSPS) is 16.3. The first kappa shape index (κ1) is 13.5. The molecule has 1 amide bonds. The van der Waals surface area contributed by atoms with Gasteiger partial charge in [0.05, 0.1) is 6.61 Å². The second-order valence-corrected chi connectivity index (χ2v) is 5.16. The van der Waals surface area contributed by atoms with Gasteiger partial charge in [-0.1, -0.05) is 6.07 Å². The molecule has 0 bridgehead atoms. The Bertz CT molecular complexity index is 646. The summed E-state index contributed by atoms with van der Waals surface area (Å²) in [5.41, 5.74) is 0.477. The van der Waals surface area contributed by atoms with Crippen molar-refractivity contribution in [2.24, 2.45) is 5.92 Å². The van der Waals surface area contributed by atoms with Gasteiger partial charge in [0.2, 0.25) is 0 Å². The van der Waals surface area contributed by atoms with E-state index < -0.39 is 6.09 Å². The number of piperidine rings is 1. The zero-order valence-corrected chi connectivity index (χ0v) is 11.4. The number of likely N-dealkylation sites (tertiary alicyclic amines) is 1. The molecule has 1 aliphatic rings. The van der Waals surface area contributed by atoms with Crippen LogP contribution in [-0.2, 0) is 0 Å². The van der Waals surface area contributed by atoms with Crippen LogP contribution in [0.1, 0.15) is 12.8 Å². The lowest BCUT2D eigenvalue weighted by Gasteiger charge is -2.29. The number of carbonyl (C=O) groups is 1. The van der Waals surface area contributed by atoms with Crippen molar-refractivity contribution in [2.75, 3.05) is 19.7 Å². The SMILES string of the molecule is O=C(O)N1CCC(COc2noc3cccc(O)c23)CC1. The first-order valence-electron chi connectivity index (χ1n) is 6.83. The molecule has 21 heavy (non-hydrogen) atoms. The quantitative estimate of drug-likeness (QED) is 0.901. The number of phenolic OH excluding ortho intramolecular Hbond substituents is 1. The molecule has 2 aromatic rings. The highest BCUT2D eigenvalue weighted by molar-refractivity contribution is 5.88. The zero-order valence-electron chi connectivity index (χ0n) is 11.4. The number of hydrogen-bond donors (Lipinski definition) is 2. The summed E-state index contributed by atoms with van der Waals surface area (Å²) in [6.45, 7) is 1.48. The van der Waals surface area contributed by atoms with Crippen LogP contribution in [0.5, 0.6) is 11.6 Å². The molecule has 0 spiro atoms. The fourth-order valence-electron chi connectivity index (χ4n) is 2.53. The molecule has 2 N–H and O–H groups in total. The van der Waals surface area contributed by atoms with E-state index in [1.807, 2.05) is 0 Å². The average molecular weight is 292 g/mol. The number of hydrogen-bond acceptors (Lipinski definition) is 5. The second-order valence-electron chi connectivity index (χ2n) is 5.16. The van der Waals surface area contributed by atoms with Crippen molar-refractivity contribution in [3.8, 4) is 11.6 Å². The average Bonchev–Trinajstić information content (AvgIpc) is 2.90. The first-order valence-corrected chi connectivity index (χ1v) is 6.83. The van der Waals surface area contributed by atoms with Gasteiger partial charge in [-0.3, -0.25) is 0 Å². The van der Waals surface area contributed by atoms with E-state index in [0.717, 1.165) is 12.8 Å². The number of benzene rings is 1. The van der Waals surface area contributed by atoms with Crippen LogP contribution in [0.25, 0.3) is 11.0 Å². The lowest BCUT2D eigenvalue weighted by molar-refractivity contribution is 0.110. The van der Waals surface area contributed by atoms with E-state index in [0.29, 0.717) is 30.7 Å². The van der Waals surface area contributed by atoms with Crippen LogP contribution in [-0.4, -0.2) is 46.1 Å². The Morgan fingerprint density at radius 3 is 2.90 bits per heavy atom. The predicted octanol–water partition coefficient (Wildman–Crippen LogP) is 2.30. The number of phenols is 1. The molecule has 7 heteroatoms. The topological polar surface area (TPSA) is 96.0 Å². The monoisotopic (exact) mass is 292 g/mol. The summed E-state index contributed by atoms with van der Waals surface area (Å²) < 4.78 is 10.7. The highest BCUT2D eigenvalue weighted by atomic mass is 16.5. The lowest BCUT2D eigenvalue weighted by Crippen LogP contribution is -2.38. The lowest BCUT2D eigenvalue weighted by atomic mass is 9.98. The van der Waals surface area contributed by atoms with Crippen molar-refractivity contribution in [2.45, 2.75) is 12.8 Å². The van der Waals surface area contributed by atoms with Crippen LogP contribution in [0.2, 0.25) is 0 Å². The molecule has 1 fully saturated rings. The number of aromatic hydroxyl groups is 1. The molecule has 0 saturated carbocycles. The Labute approximate surface area is 120 Å². The minimum atomic E-state index is -0.873. The van der Waals surface area contributed by atoms with E-state index in [9.17, 15) is 9.90 Å². The Morgan fingerprint density at radius 2 is 2.19 bits per heavy atom. The van der Waals surface area contributed by atoms with Crippen molar-refractivity contribution in [1.82, 2.24) is 10.1 Å². The fourth-order valence-corrected chi connectivity index (χ4v) is 2.53. The molecule has 0 radical (unpaired) electrons. The molecular weight excluding hydrogens is 276 g/mol. The van der Waals surface area contributed by atoms with Gasteiger partial charge in [-0.15, -0.1) is 0 Å². The number of aromatic nitrogens is 1. The van der Waals surface area contributed by atoms with Crippen LogP contribution < -0.4 is 4.74 Å². The fraction of sp³-hybridized carbons (Fsp3) is 0.429. The maximum Gasteiger partial charge on any atom is 0.407 e. The highest BCUT2D eigenvalue weighted by Crippen LogP contribution is 2.33. The van der Waals surface area contributed by atoms with Gasteiger partial charge in [-0.2, -0.15) is 0 Å². The molecule has 7 nitrogen and oxygen atoms in total. The predicted molar refractivity (Wildman–Crippen MR) is 73.5 cm³/mol. The van der Waals surface area contributed by atoms with Crippen molar-refractivity contribution >= 4 is 17.1 Å². The minimum Gasteiger partial charge on any atom is -0.507 e. The van der Waals surface area contributed by atoms with E-state index in [4.69, 9.17) is 14.4 Å². The van der Waals surface area contributed by atoms with Gasteiger partial charge in [0.15, 0.2) is 5.58 Å². The standard InChI is InChI=1S/C14H16N2O5/c17-10-2-1-3-11-12(10)13(15-21-11)20-8-9-4-6-16(7-5-9)14(18)19/h1-3,9,17H,4-8H2,(H,18,19). The Morgan fingerprint density at radius 1 is 1.43 bits per heavy atom. The van der Waals surface area contributed by atoms with E-state index in [1.165, 1.54) is 4.90 Å². The summed E-state index contributed by atoms with van der Waals surface area (Å²) in [6.07, 6.45) is 0.643. The minimum absolute atomic E-state index is 0.0736. The molecule has 1 aliphatic heterocycles. The smallest absolute Gasteiger partial charge is 0.407 e. The Hall–Kier alpha value is -2.44. The second kappa shape index (κ2) is 5.51. The van der Waals surface area contributed by atoms with Gasteiger partial charge in [-0.05, 0) is 36.0 Å². The van der Waals surface area contributed by atoms with Crippen LogP contribution in [0.3, 0.4) is 0 Å². The largest absolute Gasteiger partial charge is 0.507 e. The van der Waals surface area contributed by atoms with Crippen molar-refractivity contribution in [3.63, 3.8) is 0 Å². The van der Waals surface area contributed by atoms with Gasteiger partial charge >= 0.3 is 6.09 Å². The molecule has 3 rings (SSSR count). The van der Waals surface area contributed by atoms with Gasteiger partial charge < -0.3 is 24.4 Å². The zero-order chi connectivity index (χ0) is 14.8. The van der Waals surface area contributed by atoms with Crippen molar-refractivity contribution < 1.29 is 24.3 Å². The van der Waals surface area contributed by atoms with Gasteiger partial charge in [0.1, 0.15) is 11.1 Å². The molecule has 0 aliphatic carbocycles. The van der Waals surface area contributed by atoms with E-state index >= 15 is 0 Å². The van der Waals surface area contributed by atoms with Crippen LogP contribution in [0, 0.1) is 5.92 Å². The third kappa shape index (κ3) is 2.72. The van der Waals surface area contributed by atoms with Crippen molar-refractivity contribution in [1.29, 1.82) is 0 Å². The summed E-state index contributed by atoms with van der Waals surface area (Å²) in [6, 6.07) is 4.94.